The summed E-state index contributed by atoms with van der Waals surface area (Å²) in [5.74, 6) is 1.42. The second kappa shape index (κ2) is 10.7. The third kappa shape index (κ3) is 5.70. The van der Waals surface area contributed by atoms with E-state index >= 15 is 0 Å². The average molecular weight is 603 g/mol. The molecule has 0 aliphatic heterocycles. The highest BCUT2D eigenvalue weighted by Gasteiger charge is 2.32. The lowest BCUT2D eigenvalue weighted by Gasteiger charge is -2.33. The molecule has 182 valence electrons. The first-order valence-electron chi connectivity index (χ1n) is 11.5. The van der Waals surface area contributed by atoms with Crippen molar-refractivity contribution in [3.63, 3.8) is 0 Å². The van der Waals surface area contributed by atoms with Gasteiger partial charge in [-0.3, -0.25) is 0 Å². The second-order valence-corrected chi connectivity index (χ2v) is 12.0. The number of fused-ring (bicyclic) bond motifs is 1. The number of nitriles is 1. The molecule has 35 heavy (non-hydrogen) atoms. The Morgan fingerprint density at radius 3 is 2.74 bits per heavy atom. The van der Waals surface area contributed by atoms with Crippen LogP contribution in [0.3, 0.4) is 0 Å². The van der Waals surface area contributed by atoms with Crippen molar-refractivity contribution in [3.05, 3.63) is 72.9 Å². The molecule has 1 aromatic heterocycles. The number of aliphatic imine (C=N–C) groups is 1. The summed E-state index contributed by atoms with van der Waals surface area (Å²) in [4.78, 5) is 6.01. The third-order valence-corrected chi connectivity index (χ3v) is 8.46. The molecule has 1 atom stereocenters. The van der Waals surface area contributed by atoms with E-state index in [0.717, 1.165) is 33.4 Å². The van der Waals surface area contributed by atoms with Gasteiger partial charge in [0.05, 0.1) is 16.2 Å². The third-order valence-electron chi connectivity index (χ3n) is 6.50. The summed E-state index contributed by atoms with van der Waals surface area (Å²) in [6, 6.07) is 12.7. The fourth-order valence-electron chi connectivity index (χ4n) is 4.37. The molecule has 0 spiro atoms. The molecule has 1 heterocycles. The molecule has 3 aromatic rings. The molecule has 0 fully saturated rings. The summed E-state index contributed by atoms with van der Waals surface area (Å²) in [7, 11) is 1.58. The molecule has 0 N–H and O–H groups in total. The minimum Gasteiger partial charge on any atom is -0.493 e. The minimum absolute atomic E-state index is 0.105. The Morgan fingerprint density at radius 1 is 1.29 bits per heavy atom. The number of ether oxygens (including phenoxy) is 2. The first-order valence-corrected chi connectivity index (χ1v) is 13.4. The van der Waals surface area contributed by atoms with E-state index in [2.05, 4.69) is 49.4 Å². The summed E-state index contributed by atoms with van der Waals surface area (Å²) in [6.45, 7) is 6.98. The molecule has 4 rings (SSSR count). The van der Waals surface area contributed by atoms with E-state index in [0.29, 0.717) is 28.5 Å². The Balaban J connectivity index is 1.57. The lowest BCUT2D eigenvalue weighted by molar-refractivity contribution is 0.218. The van der Waals surface area contributed by atoms with Gasteiger partial charge in [-0.05, 0) is 82.5 Å². The van der Waals surface area contributed by atoms with E-state index in [9.17, 15) is 9.65 Å². The van der Waals surface area contributed by atoms with Crippen molar-refractivity contribution in [2.24, 2.45) is 16.3 Å². The normalized spacial score (nSPS) is 15.6. The molecule has 0 radical (unpaired) electrons. The van der Waals surface area contributed by atoms with Gasteiger partial charge < -0.3 is 9.47 Å². The lowest BCUT2D eigenvalue weighted by Crippen LogP contribution is -2.26. The van der Waals surface area contributed by atoms with Gasteiger partial charge in [0.2, 0.25) is 0 Å². The number of halogens is 2. The fourth-order valence-corrected chi connectivity index (χ4v) is 6.37. The Morgan fingerprint density at radius 2 is 2.06 bits per heavy atom. The zero-order chi connectivity index (χ0) is 25.2. The number of methoxy groups -OCH3 is 1. The van der Waals surface area contributed by atoms with E-state index in [1.54, 1.807) is 42.9 Å². The van der Waals surface area contributed by atoms with Crippen LogP contribution in [0.15, 0.2) is 41.4 Å². The number of hydrogen-bond donors (Lipinski definition) is 0. The van der Waals surface area contributed by atoms with E-state index in [1.165, 1.54) is 16.5 Å². The summed E-state index contributed by atoms with van der Waals surface area (Å²) in [6.07, 6.45) is 4.82. The van der Waals surface area contributed by atoms with Gasteiger partial charge in [-0.2, -0.15) is 5.26 Å². The largest absolute Gasteiger partial charge is 0.493 e. The smallest absolute Gasteiger partial charge is 0.174 e. The molecule has 1 aliphatic carbocycles. The van der Waals surface area contributed by atoms with Gasteiger partial charge in [0.15, 0.2) is 11.5 Å². The molecule has 0 bridgehead atoms. The van der Waals surface area contributed by atoms with Gasteiger partial charge in [0.1, 0.15) is 23.5 Å². The van der Waals surface area contributed by atoms with Crippen LogP contribution in [0.1, 0.15) is 54.3 Å². The molecule has 2 aromatic carbocycles. The SMILES string of the molecule is COc1cc(C=Nc2sc3c(c2C#N)CC[C@H](C(C)(C)C)C3)cc(I)c1OCc1ccccc1F. The topological polar surface area (TPSA) is 54.6 Å². The fraction of sp³-hybridized carbons (Fsp3) is 0.357. The van der Waals surface area contributed by atoms with Crippen LogP contribution in [0.25, 0.3) is 0 Å². The molecule has 4 nitrogen and oxygen atoms in total. The van der Waals surface area contributed by atoms with Crippen LogP contribution >= 0.6 is 33.9 Å². The van der Waals surface area contributed by atoms with Crippen LogP contribution in [0.5, 0.6) is 11.5 Å². The average Bonchev–Trinajstić information content (AvgIpc) is 3.18. The molecule has 0 amide bonds. The van der Waals surface area contributed by atoms with Crippen LogP contribution in [-0.2, 0) is 19.4 Å². The maximum absolute atomic E-state index is 14.0. The Kier molecular flexibility index (Phi) is 7.82. The van der Waals surface area contributed by atoms with E-state index < -0.39 is 0 Å². The van der Waals surface area contributed by atoms with Crippen LogP contribution in [0.4, 0.5) is 9.39 Å². The highest BCUT2D eigenvalue weighted by Crippen LogP contribution is 2.45. The standard InChI is InChI=1S/C28H28FIN2O2S/c1-28(2,3)19-9-10-20-21(14-31)27(35-25(20)13-19)32-15-17-11-23(30)26(24(12-17)33-4)34-16-18-7-5-6-8-22(18)29/h5-8,11-12,15,19H,9-10,13,16H2,1-4H3/t19-/m0/s1. The van der Waals surface area contributed by atoms with Crippen LogP contribution in [0.2, 0.25) is 0 Å². The number of rotatable bonds is 6. The van der Waals surface area contributed by atoms with E-state index in [4.69, 9.17) is 14.5 Å². The lowest BCUT2D eigenvalue weighted by atomic mass is 9.72. The van der Waals surface area contributed by atoms with Gasteiger partial charge in [0.25, 0.3) is 0 Å². The van der Waals surface area contributed by atoms with Crippen molar-refractivity contribution in [3.8, 4) is 17.6 Å². The monoisotopic (exact) mass is 602 g/mol. The zero-order valence-corrected chi connectivity index (χ0v) is 23.3. The first-order chi connectivity index (χ1) is 16.7. The quantitative estimate of drug-likeness (QED) is 0.213. The highest BCUT2D eigenvalue weighted by atomic mass is 127. The highest BCUT2D eigenvalue weighted by molar-refractivity contribution is 14.1. The van der Waals surface area contributed by atoms with Crippen molar-refractivity contribution in [2.75, 3.05) is 7.11 Å². The van der Waals surface area contributed by atoms with Crippen molar-refractivity contribution >= 4 is 45.1 Å². The van der Waals surface area contributed by atoms with Crippen molar-refractivity contribution in [1.29, 1.82) is 5.26 Å². The van der Waals surface area contributed by atoms with E-state index in [-0.39, 0.29) is 17.8 Å². The minimum atomic E-state index is -0.300. The first kappa shape index (κ1) is 25.6. The molecule has 0 saturated heterocycles. The Bertz CT molecular complexity index is 1300. The molecule has 0 saturated carbocycles. The molecule has 7 heteroatoms. The zero-order valence-electron chi connectivity index (χ0n) is 20.3. The van der Waals surface area contributed by atoms with Crippen LogP contribution in [-0.4, -0.2) is 13.3 Å². The van der Waals surface area contributed by atoms with E-state index in [1.807, 2.05) is 12.1 Å². The van der Waals surface area contributed by atoms with Gasteiger partial charge >= 0.3 is 0 Å². The molecule has 0 unspecified atom stereocenters. The predicted molar refractivity (Wildman–Crippen MR) is 148 cm³/mol. The van der Waals surface area contributed by atoms with Gasteiger partial charge in [-0.1, -0.05) is 39.0 Å². The number of hydrogen-bond acceptors (Lipinski definition) is 5. The Hall–Kier alpha value is -2.44. The van der Waals surface area contributed by atoms with Crippen LogP contribution < -0.4 is 9.47 Å². The predicted octanol–water partition coefficient (Wildman–Crippen LogP) is 7.85. The van der Waals surface area contributed by atoms with Crippen molar-refractivity contribution < 1.29 is 13.9 Å². The summed E-state index contributed by atoms with van der Waals surface area (Å²) < 4.78 is 26.3. The summed E-state index contributed by atoms with van der Waals surface area (Å²) in [5.41, 5.74) is 3.46. The van der Waals surface area contributed by atoms with Crippen LogP contribution in [0, 0.1) is 32.1 Å². The maximum atomic E-state index is 14.0. The molecular formula is C28H28FIN2O2S. The van der Waals surface area contributed by atoms with Crippen molar-refractivity contribution in [1.82, 2.24) is 0 Å². The van der Waals surface area contributed by atoms with Gasteiger partial charge in [0, 0.05) is 16.7 Å². The van der Waals surface area contributed by atoms with Gasteiger partial charge in [-0.25, -0.2) is 9.38 Å². The number of thiophene rings is 1. The summed E-state index contributed by atoms with van der Waals surface area (Å²) in [5, 5.41) is 10.6. The molecule has 1 aliphatic rings. The van der Waals surface area contributed by atoms with Gasteiger partial charge in [-0.15, -0.1) is 11.3 Å². The van der Waals surface area contributed by atoms with Crippen molar-refractivity contribution in [2.45, 2.75) is 46.6 Å². The maximum Gasteiger partial charge on any atom is 0.174 e. The number of benzene rings is 2. The second-order valence-electron chi connectivity index (χ2n) is 9.77. The summed E-state index contributed by atoms with van der Waals surface area (Å²) >= 11 is 3.82. The number of nitrogens with zero attached hydrogens (tertiary/aromatic N) is 2. The molecular weight excluding hydrogens is 574 g/mol. The Labute approximate surface area is 224 Å².